The van der Waals surface area contributed by atoms with Crippen molar-refractivity contribution >= 4 is 17.8 Å². The summed E-state index contributed by atoms with van der Waals surface area (Å²) >= 11 is 0. The van der Waals surface area contributed by atoms with E-state index < -0.39 is 5.60 Å². The zero-order chi connectivity index (χ0) is 15.6. The van der Waals surface area contributed by atoms with Crippen LogP contribution in [-0.2, 0) is 19.1 Å². The molecular formula is C14H22N2O5. The number of ketones is 1. The summed E-state index contributed by atoms with van der Waals surface area (Å²) in [4.78, 5) is 38.0. The fourth-order valence-electron chi connectivity index (χ4n) is 2.37. The molecule has 0 N–H and O–H groups in total. The SMILES string of the molecule is CC(C)(C)OC(=O)N1CCO[C@H](CN2CC(=O)CC2=O)C1. The van der Waals surface area contributed by atoms with E-state index in [-0.39, 0.29) is 36.9 Å². The van der Waals surface area contributed by atoms with Crippen molar-refractivity contribution in [3.63, 3.8) is 0 Å². The second-order valence-corrected chi connectivity index (χ2v) is 6.41. The third-order valence-corrected chi connectivity index (χ3v) is 3.28. The quantitative estimate of drug-likeness (QED) is 0.691. The van der Waals surface area contributed by atoms with Crippen molar-refractivity contribution in [2.45, 2.75) is 38.9 Å². The molecule has 0 saturated carbocycles. The Balaban J connectivity index is 1.87. The molecule has 2 heterocycles. The smallest absolute Gasteiger partial charge is 0.410 e. The third kappa shape index (κ3) is 4.42. The van der Waals surface area contributed by atoms with Crippen LogP contribution >= 0.6 is 0 Å². The van der Waals surface area contributed by atoms with Gasteiger partial charge in [0.1, 0.15) is 5.60 Å². The lowest BCUT2D eigenvalue weighted by Gasteiger charge is -2.35. The standard InChI is InChI=1S/C14H22N2O5/c1-14(2,3)21-13(19)15-4-5-20-11(8-15)9-16-7-10(17)6-12(16)18/h11H,4-9H2,1-3H3/t11-/m0/s1. The molecule has 2 aliphatic rings. The van der Waals surface area contributed by atoms with Crippen LogP contribution < -0.4 is 0 Å². The van der Waals surface area contributed by atoms with Crippen molar-refractivity contribution in [2.24, 2.45) is 0 Å². The Bertz CT molecular complexity index is 443. The zero-order valence-corrected chi connectivity index (χ0v) is 12.8. The molecule has 7 heteroatoms. The summed E-state index contributed by atoms with van der Waals surface area (Å²) in [6, 6.07) is 0. The first kappa shape index (κ1) is 15.8. The number of likely N-dealkylation sites (tertiary alicyclic amines) is 1. The van der Waals surface area contributed by atoms with Gasteiger partial charge in [-0.1, -0.05) is 0 Å². The summed E-state index contributed by atoms with van der Waals surface area (Å²) < 4.78 is 10.9. The number of Topliss-reactive ketones (excluding diaryl/α,β-unsaturated/α-hetero) is 1. The van der Waals surface area contributed by atoms with Crippen LogP contribution in [0.1, 0.15) is 27.2 Å². The second kappa shape index (κ2) is 6.01. The summed E-state index contributed by atoms with van der Waals surface area (Å²) in [5.74, 6) is -0.238. The summed E-state index contributed by atoms with van der Waals surface area (Å²) in [5.41, 5.74) is -0.539. The Morgan fingerprint density at radius 2 is 2.10 bits per heavy atom. The summed E-state index contributed by atoms with van der Waals surface area (Å²) in [7, 11) is 0. The largest absolute Gasteiger partial charge is 0.444 e. The number of amides is 2. The van der Waals surface area contributed by atoms with Crippen LogP contribution in [0.5, 0.6) is 0 Å². The van der Waals surface area contributed by atoms with Crippen molar-refractivity contribution in [2.75, 3.05) is 32.8 Å². The molecule has 2 aliphatic heterocycles. The number of hydrogen-bond donors (Lipinski definition) is 0. The number of morpholine rings is 1. The topological polar surface area (TPSA) is 76.2 Å². The highest BCUT2D eigenvalue weighted by atomic mass is 16.6. The number of nitrogens with zero attached hydrogens (tertiary/aromatic N) is 2. The first-order valence-corrected chi connectivity index (χ1v) is 7.13. The van der Waals surface area contributed by atoms with Crippen LogP contribution in [0.3, 0.4) is 0 Å². The number of carbonyl (C=O) groups is 3. The van der Waals surface area contributed by atoms with Gasteiger partial charge in [-0.3, -0.25) is 9.59 Å². The molecule has 0 bridgehead atoms. The maximum Gasteiger partial charge on any atom is 0.410 e. The molecule has 0 aliphatic carbocycles. The molecule has 0 spiro atoms. The highest BCUT2D eigenvalue weighted by Gasteiger charge is 2.33. The van der Waals surface area contributed by atoms with Crippen molar-refractivity contribution in [1.29, 1.82) is 0 Å². The molecule has 2 fully saturated rings. The first-order valence-electron chi connectivity index (χ1n) is 7.13. The van der Waals surface area contributed by atoms with Crippen molar-refractivity contribution in [3.05, 3.63) is 0 Å². The number of carbonyl (C=O) groups excluding carboxylic acids is 3. The third-order valence-electron chi connectivity index (χ3n) is 3.28. The normalized spacial score (nSPS) is 23.7. The Hall–Kier alpha value is -1.63. The highest BCUT2D eigenvalue weighted by Crippen LogP contribution is 2.15. The van der Waals surface area contributed by atoms with Gasteiger partial charge in [-0.25, -0.2) is 4.79 Å². The fraction of sp³-hybridized carbons (Fsp3) is 0.786. The lowest BCUT2D eigenvalue weighted by molar-refractivity contribution is -0.130. The predicted molar refractivity (Wildman–Crippen MR) is 73.8 cm³/mol. The molecule has 0 unspecified atom stereocenters. The van der Waals surface area contributed by atoms with Crippen molar-refractivity contribution in [3.8, 4) is 0 Å². The van der Waals surface area contributed by atoms with E-state index in [0.717, 1.165) is 0 Å². The molecule has 7 nitrogen and oxygen atoms in total. The Labute approximate surface area is 124 Å². The second-order valence-electron chi connectivity index (χ2n) is 6.41. The van der Waals surface area contributed by atoms with Crippen LogP contribution in [0.15, 0.2) is 0 Å². The van der Waals surface area contributed by atoms with Gasteiger partial charge in [0.15, 0.2) is 5.78 Å². The van der Waals surface area contributed by atoms with E-state index in [1.54, 1.807) is 4.90 Å². The van der Waals surface area contributed by atoms with E-state index in [1.165, 1.54) is 4.90 Å². The summed E-state index contributed by atoms with van der Waals surface area (Å²) in [5, 5.41) is 0. The molecule has 0 radical (unpaired) electrons. The molecule has 21 heavy (non-hydrogen) atoms. The monoisotopic (exact) mass is 298 g/mol. The fourth-order valence-corrected chi connectivity index (χ4v) is 2.37. The molecule has 2 saturated heterocycles. The molecule has 1 atom stereocenters. The van der Waals surface area contributed by atoms with E-state index in [1.807, 2.05) is 20.8 Å². The number of ether oxygens (including phenoxy) is 2. The van der Waals surface area contributed by atoms with Gasteiger partial charge in [0, 0.05) is 13.1 Å². The van der Waals surface area contributed by atoms with Crippen LogP contribution in [-0.4, -0.2) is 72.1 Å². The van der Waals surface area contributed by atoms with E-state index in [4.69, 9.17) is 9.47 Å². The van der Waals surface area contributed by atoms with Gasteiger partial charge in [0.25, 0.3) is 0 Å². The van der Waals surface area contributed by atoms with Gasteiger partial charge in [-0.15, -0.1) is 0 Å². The van der Waals surface area contributed by atoms with E-state index in [9.17, 15) is 14.4 Å². The molecule has 0 aromatic carbocycles. The Morgan fingerprint density at radius 1 is 1.38 bits per heavy atom. The van der Waals surface area contributed by atoms with Gasteiger partial charge >= 0.3 is 6.09 Å². The van der Waals surface area contributed by atoms with Crippen molar-refractivity contribution in [1.82, 2.24) is 9.80 Å². The Kier molecular flexibility index (Phi) is 4.51. The minimum atomic E-state index is -0.539. The molecule has 0 aromatic rings. The summed E-state index contributed by atoms with van der Waals surface area (Å²) in [6.45, 7) is 7.17. The van der Waals surface area contributed by atoms with Gasteiger partial charge in [-0.2, -0.15) is 0 Å². The van der Waals surface area contributed by atoms with E-state index in [0.29, 0.717) is 26.2 Å². The summed E-state index contributed by atoms with van der Waals surface area (Å²) in [6.07, 6.45) is -0.677. The lowest BCUT2D eigenvalue weighted by atomic mass is 10.2. The van der Waals surface area contributed by atoms with Gasteiger partial charge in [0.05, 0.1) is 32.2 Å². The highest BCUT2D eigenvalue weighted by molar-refractivity contribution is 6.05. The van der Waals surface area contributed by atoms with Crippen LogP contribution in [0, 0.1) is 0 Å². The van der Waals surface area contributed by atoms with Gasteiger partial charge in [0.2, 0.25) is 5.91 Å². The number of hydrogen-bond acceptors (Lipinski definition) is 5. The predicted octanol–water partition coefficient (Wildman–Crippen LogP) is 0.424. The van der Waals surface area contributed by atoms with Crippen LogP contribution in [0.25, 0.3) is 0 Å². The minimum absolute atomic E-state index is 0.0253. The maximum absolute atomic E-state index is 12.0. The van der Waals surface area contributed by atoms with Crippen LogP contribution in [0.4, 0.5) is 4.79 Å². The lowest BCUT2D eigenvalue weighted by Crippen LogP contribution is -2.51. The minimum Gasteiger partial charge on any atom is -0.444 e. The average Bonchev–Trinajstić information content (AvgIpc) is 2.66. The molecule has 118 valence electrons. The zero-order valence-electron chi connectivity index (χ0n) is 12.8. The molecule has 2 amide bonds. The van der Waals surface area contributed by atoms with Gasteiger partial charge in [-0.05, 0) is 20.8 Å². The molecule has 2 rings (SSSR count). The van der Waals surface area contributed by atoms with E-state index in [2.05, 4.69) is 0 Å². The van der Waals surface area contributed by atoms with Crippen molar-refractivity contribution < 1.29 is 23.9 Å². The van der Waals surface area contributed by atoms with Crippen LogP contribution in [0.2, 0.25) is 0 Å². The average molecular weight is 298 g/mol. The first-order chi connectivity index (χ1) is 9.74. The van der Waals surface area contributed by atoms with Gasteiger partial charge < -0.3 is 19.3 Å². The van der Waals surface area contributed by atoms with E-state index >= 15 is 0 Å². The number of rotatable bonds is 2. The molecule has 0 aromatic heterocycles. The molecular weight excluding hydrogens is 276 g/mol. The maximum atomic E-state index is 12.0. The Morgan fingerprint density at radius 3 is 2.67 bits per heavy atom.